The van der Waals surface area contributed by atoms with Crippen molar-refractivity contribution in [1.29, 1.82) is 0 Å². The van der Waals surface area contributed by atoms with E-state index in [1.807, 2.05) is 0 Å². The summed E-state index contributed by atoms with van der Waals surface area (Å²) in [6, 6.07) is 2.18. The van der Waals surface area contributed by atoms with Crippen LogP contribution in [0.3, 0.4) is 0 Å². The van der Waals surface area contributed by atoms with Crippen molar-refractivity contribution < 1.29 is 0 Å². The second-order valence-electron chi connectivity index (χ2n) is 4.09. The largest absolute Gasteiger partial charge is 0.316 e. The van der Waals surface area contributed by atoms with Gasteiger partial charge in [0.05, 0.1) is 4.34 Å². The van der Waals surface area contributed by atoms with Crippen LogP contribution in [0.15, 0.2) is 6.07 Å². The maximum Gasteiger partial charge on any atom is 0.0934 e. The summed E-state index contributed by atoms with van der Waals surface area (Å²) >= 11 is 7.81. The summed E-state index contributed by atoms with van der Waals surface area (Å²) in [6.45, 7) is 4.67. The van der Waals surface area contributed by atoms with E-state index in [1.165, 1.54) is 12.1 Å². The van der Waals surface area contributed by atoms with Gasteiger partial charge in [-0.25, -0.2) is 0 Å². The van der Waals surface area contributed by atoms with Gasteiger partial charge in [-0.05, 0) is 30.0 Å². The third-order valence-electron chi connectivity index (χ3n) is 3.48. The lowest BCUT2D eigenvalue weighted by Gasteiger charge is -2.12. The first kappa shape index (κ1) is 8.27. The van der Waals surface area contributed by atoms with E-state index in [-0.39, 0.29) is 0 Å². The SMILES string of the molecule is CC1c2sc(Cl)cc2C2CNCC12. The van der Waals surface area contributed by atoms with Crippen molar-refractivity contribution in [2.24, 2.45) is 5.92 Å². The molecule has 2 heterocycles. The van der Waals surface area contributed by atoms with Gasteiger partial charge < -0.3 is 5.32 Å². The lowest BCUT2D eigenvalue weighted by molar-refractivity contribution is 0.489. The fraction of sp³-hybridized carbons (Fsp3) is 0.600. The number of nitrogens with one attached hydrogen (secondary N) is 1. The van der Waals surface area contributed by atoms with Gasteiger partial charge in [-0.3, -0.25) is 0 Å². The molecule has 2 aliphatic rings. The van der Waals surface area contributed by atoms with Crippen LogP contribution in [0.1, 0.15) is 29.2 Å². The first-order valence-corrected chi connectivity index (χ1v) is 5.96. The molecule has 0 amide bonds. The maximum absolute atomic E-state index is 6.03. The first-order valence-electron chi connectivity index (χ1n) is 4.77. The molecule has 0 aromatic carbocycles. The third kappa shape index (κ3) is 1.03. The van der Waals surface area contributed by atoms with E-state index in [2.05, 4.69) is 18.3 Å². The van der Waals surface area contributed by atoms with Crippen molar-refractivity contribution in [3.8, 4) is 0 Å². The summed E-state index contributed by atoms with van der Waals surface area (Å²) in [5.41, 5.74) is 1.53. The fourth-order valence-electron chi connectivity index (χ4n) is 2.79. The first-order chi connectivity index (χ1) is 6.27. The van der Waals surface area contributed by atoms with Gasteiger partial charge in [-0.1, -0.05) is 18.5 Å². The number of rotatable bonds is 0. The molecule has 1 aromatic heterocycles. The average Bonchev–Trinajstić information content (AvgIpc) is 2.70. The molecule has 3 heteroatoms. The highest BCUT2D eigenvalue weighted by atomic mass is 35.5. The highest BCUT2D eigenvalue weighted by molar-refractivity contribution is 7.16. The molecule has 1 fully saturated rings. The van der Waals surface area contributed by atoms with Gasteiger partial charge >= 0.3 is 0 Å². The van der Waals surface area contributed by atoms with Crippen molar-refractivity contribution in [3.05, 3.63) is 20.8 Å². The lowest BCUT2D eigenvalue weighted by Crippen LogP contribution is -2.12. The molecule has 1 aromatic rings. The zero-order valence-corrected chi connectivity index (χ0v) is 9.08. The highest BCUT2D eigenvalue weighted by Gasteiger charge is 2.42. The van der Waals surface area contributed by atoms with Crippen LogP contribution in [0.4, 0.5) is 0 Å². The summed E-state index contributed by atoms with van der Waals surface area (Å²) in [5.74, 6) is 2.29. The number of halogens is 1. The Balaban J connectivity index is 2.11. The quantitative estimate of drug-likeness (QED) is 0.699. The minimum Gasteiger partial charge on any atom is -0.316 e. The van der Waals surface area contributed by atoms with Gasteiger partial charge in [0.2, 0.25) is 0 Å². The van der Waals surface area contributed by atoms with E-state index < -0.39 is 0 Å². The van der Waals surface area contributed by atoms with E-state index in [0.29, 0.717) is 5.92 Å². The van der Waals surface area contributed by atoms with Crippen LogP contribution >= 0.6 is 22.9 Å². The van der Waals surface area contributed by atoms with Crippen LogP contribution in [-0.4, -0.2) is 13.1 Å². The summed E-state index contributed by atoms with van der Waals surface area (Å²) in [5, 5.41) is 3.47. The number of fused-ring (bicyclic) bond motifs is 3. The van der Waals surface area contributed by atoms with Gasteiger partial charge in [0, 0.05) is 17.3 Å². The molecule has 3 unspecified atom stereocenters. The topological polar surface area (TPSA) is 12.0 Å². The summed E-state index contributed by atoms with van der Waals surface area (Å²) in [4.78, 5) is 1.54. The second kappa shape index (κ2) is 2.72. The standard InChI is InChI=1S/C10H12ClNS/c1-5-7-3-12-4-8(7)6-2-9(11)13-10(5)6/h2,5,7-8,12H,3-4H2,1H3. The molecule has 0 bridgehead atoms. The number of thiophene rings is 1. The monoisotopic (exact) mass is 213 g/mol. The molecule has 1 N–H and O–H groups in total. The fourth-order valence-corrected chi connectivity index (χ4v) is 4.24. The van der Waals surface area contributed by atoms with E-state index in [1.54, 1.807) is 16.2 Å². The number of hydrogen-bond acceptors (Lipinski definition) is 2. The van der Waals surface area contributed by atoms with Gasteiger partial charge in [-0.15, -0.1) is 11.3 Å². The van der Waals surface area contributed by atoms with E-state index >= 15 is 0 Å². The Morgan fingerprint density at radius 3 is 3.23 bits per heavy atom. The molecule has 0 saturated carbocycles. The van der Waals surface area contributed by atoms with Crippen molar-refractivity contribution in [3.63, 3.8) is 0 Å². The Kier molecular flexibility index (Phi) is 1.73. The average molecular weight is 214 g/mol. The Bertz CT molecular complexity index is 347. The summed E-state index contributed by atoms with van der Waals surface area (Å²) in [7, 11) is 0. The molecule has 1 saturated heterocycles. The predicted molar refractivity (Wildman–Crippen MR) is 56.8 cm³/mol. The molecule has 0 radical (unpaired) electrons. The van der Waals surface area contributed by atoms with Crippen molar-refractivity contribution in [2.45, 2.75) is 18.8 Å². The summed E-state index contributed by atoms with van der Waals surface area (Å²) < 4.78 is 0.960. The highest BCUT2D eigenvalue weighted by Crippen LogP contribution is 2.52. The minimum absolute atomic E-state index is 0.715. The summed E-state index contributed by atoms with van der Waals surface area (Å²) in [6.07, 6.45) is 0. The van der Waals surface area contributed by atoms with Gasteiger partial charge in [0.1, 0.15) is 0 Å². The van der Waals surface area contributed by atoms with Gasteiger partial charge in [0.25, 0.3) is 0 Å². The van der Waals surface area contributed by atoms with Crippen LogP contribution in [0.2, 0.25) is 4.34 Å². The molecule has 70 valence electrons. The van der Waals surface area contributed by atoms with Gasteiger partial charge in [0.15, 0.2) is 0 Å². The smallest absolute Gasteiger partial charge is 0.0934 e. The van der Waals surface area contributed by atoms with Crippen LogP contribution in [0.5, 0.6) is 0 Å². The van der Waals surface area contributed by atoms with Crippen molar-refractivity contribution in [2.75, 3.05) is 13.1 Å². The van der Waals surface area contributed by atoms with E-state index in [4.69, 9.17) is 11.6 Å². The van der Waals surface area contributed by atoms with Crippen molar-refractivity contribution in [1.82, 2.24) is 5.32 Å². The second-order valence-corrected chi connectivity index (χ2v) is 5.80. The Labute approximate surface area is 87.1 Å². The third-order valence-corrected chi connectivity index (χ3v) is 4.96. The van der Waals surface area contributed by atoms with Crippen LogP contribution in [0.25, 0.3) is 0 Å². The maximum atomic E-state index is 6.03. The molecule has 1 aliphatic carbocycles. The van der Waals surface area contributed by atoms with Gasteiger partial charge in [-0.2, -0.15) is 0 Å². The van der Waals surface area contributed by atoms with E-state index in [9.17, 15) is 0 Å². The molecule has 1 aliphatic heterocycles. The molecule has 3 atom stereocenters. The normalized spacial score (nSPS) is 36.3. The minimum atomic E-state index is 0.715. The van der Waals surface area contributed by atoms with Crippen molar-refractivity contribution >= 4 is 22.9 Å². The lowest BCUT2D eigenvalue weighted by atomic mass is 9.92. The Morgan fingerprint density at radius 2 is 2.38 bits per heavy atom. The molecule has 3 rings (SSSR count). The van der Waals surface area contributed by atoms with Crippen LogP contribution in [0, 0.1) is 5.92 Å². The molecule has 1 nitrogen and oxygen atoms in total. The molecular formula is C10H12ClNS. The van der Waals surface area contributed by atoms with Crippen LogP contribution < -0.4 is 5.32 Å². The molecule has 13 heavy (non-hydrogen) atoms. The zero-order valence-electron chi connectivity index (χ0n) is 7.51. The predicted octanol–water partition coefficient (Wildman–Crippen LogP) is 2.82. The molecule has 0 spiro atoms. The Hall–Kier alpha value is -0.0500. The van der Waals surface area contributed by atoms with Crippen LogP contribution in [-0.2, 0) is 0 Å². The Morgan fingerprint density at radius 1 is 1.54 bits per heavy atom. The molecular weight excluding hydrogens is 202 g/mol. The van der Waals surface area contributed by atoms with E-state index in [0.717, 1.165) is 22.7 Å². The zero-order chi connectivity index (χ0) is 9.00. The number of hydrogen-bond donors (Lipinski definition) is 1.